The van der Waals surface area contributed by atoms with Crippen molar-refractivity contribution in [3.05, 3.63) is 51.7 Å². The van der Waals surface area contributed by atoms with E-state index < -0.39 is 11.7 Å². The standard InChI is InChI=1S/C22H22F3N3O2S/c23-22(24,25)18-10-17(4-3-15(18)11-26)27-7-5-21(6-8-27)14-28(12-16(21)13-29)20(30)19-2-1-9-31-19/h1-4,9-10,16,29H,5-8,12-14H2. The summed E-state index contributed by atoms with van der Waals surface area (Å²) in [5.74, 6) is -0.0834. The SMILES string of the molecule is N#Cc1ccc(N2CCC3(CC2)CN(C(=O)c2cccs2)CC3CO)cc1C(F)(F)F. The van der Waals surface area contributed by atoms with Gasteiger partial charge < -0.3 is 14.9 Å². The molecule has 1 aromatic carbocycles. The van der Waals surface area contributed by atoms with Crippen LogP contribution in [0, 0.1) is 22.7 Å². The third-order valence-electron chi connectivity index (χ3n) is 6.61. The molecule has 2 aliphatic rings. The second-order valence-corrected chi connectivity index (χ2v) is 9.18. The molecule has 1 N–H and O–H groups in total. The largest absolute Gasteiger partial charge is 0.417 e. The van der Waals surface area contributed by atoms with Gasteiger partial charge in [-0.2, -0.15) is 18.4 Å². The molecular formula is C22H22F3N3O2S. The van der Waals surface area contributed by atoms with Crippen molar-refractivity contribution >= 4 is 22.9 Å². The number of carbonyl (C=O) groups excluding carboxylic acids is 1. The second-order valence-electron chi connectivity index (χ2n) is 8.23. The Morgan fingerprint density at radius 1 is 1.29 bits per heavy atom. The van der Waals surface area contributed by atoms with E-state index in [1.54, 1.807) is 23.1 Å². The summed E-state index contributed by atoms with van der Waals surface area (Å²) in [4.78, 5) is 17.1. The summed E-state index contributed by atoms with van der Waals surface area (Å²) < 4.78 is 40.0. The third-order valence-corrected chi connectivity index (χ3v) is 7.46. The van der Waals surface area contributed by atoms with E-state index in [0.717, 1.165) is 6.07 Å². The number of hydrogen-bond acceptors (Lipinski definition) is 5. The van der Waals surface area contributed by atoms with Crippen LogP contribution in [0.1, 0.15) is 33.6 Å². The Hall–Kier alpha value is -2.57. The van der Waals surface area contributed by atoms with Crippen molar-refractivity contribution < 1.29 is 23.1 Å². The van der Waals surface area contributed by atoms with E-state index in [9.17, 15) is 23.1 Å². The molecule has 2 aromatic rings. The highest BCUT2D eigenvalue weighted by Gasteiger charge is 2.49. The Bertz CT molecular complexity index is 992. The Labute approximate surface area is 182 Å². The first-order valence-electron chi connectivity index (χ1n) is 10.1. The van der Waals surface area contributed by atoms with Crippen LogP contribution in [0.5, 0.6) is 0 Å². The molecule has 0 saturated carbocycles. The number of aliphatic hydroxyl groups excluding tert-OH is 1. The molecule has 0 radical (unpaired) electrons. The van der Waals surface area contributed by atoms with Crippen LogP contribution in [-0.2, 0) is 6.18 Å². The van der Waals surface area contributed by atoms with E-state index in [2.05, 4.69) is 0 Å². The average Bonchev–Trinajstić information content (AvgIpc) is 3.41. The molecule has 1 atom stereocenters. The van der Waals surface area contributed by atoms with Gasteiger partial charge in [0.05, 0.1) is 22.1 Å². The summed E-state index contributed by atoms with van der Waals surface area (Å²) in [6.07, 6.45) is -3.24. The number of likely N-dealkylation sites (tertiary alicyclic amines) is 1. The molecule has 9 heteroatoms. The van der Waals surface area contributed by atoms with Crippen LogP contribution in [0.4, 0.5) is 18.9 Å². The number of amides is 1. The fourth-order valence-electron chi connectivity index (χ4n) is 4.83. The smallest absolute Gasteiger partial charge is 0.396 e. The molecule has 3 heterocycles. The van der Waals surface area contributed by atoms with E-state index in [4.69, 9.17) is 5.26 Å². The monoisotopic (exact) mass is 449 g/mol. The van der Waals surface area contributed by atoms with Crippen LogP contribution >= 0.6 is 11.3 Å². The molecule has 4 rings (SSSR count). The summed E-state index contributed by atoms with van der Waals surface area (Å²) in [6, 6.07) is 9.04. The van der Waals surface area contributed by atoms with E-state index in [-0.39, 0.29) is 29.4 Å². The minimum Gasteiger partial charge on any atom is -0.396 e. The first kappa shape index (κ1) is 21.7. The van der Waals surface area contributed by atoms with Crippen molar-refractivity contribution in [3.63, 3.8) is 0 Å². The zero-order chi connectivity index (χ0) is 22.2. The lowest BCUT2D eigenvalue weighted by molar-refractivity contribution is -0.137. The molecule has 164 valence electrons. The van der Waals surface area contributed by atoms with E-state index in [0.29, 0.717) is 49.6 Å². The summed E-state index contributed by atoms with van der Waals surface area (Å²) >= 11 is 1.39. The van der Waals surface area contributed by atoms with Gasteiger partial charge >= 0.3 is 6.18 Å². The number of carbonyl (C=O) groups is 1. The van der Waals surface area contributed by atoms with E-state index >= 15 is 0 Å². The number of piperidine rings is 1. The lowest BCUT2D eigenvalue weighted by Crippen LogP contribution is -2.45. The highest BCUT2D eigenvalue weighted by molar-refractivity contribution is 7.12. The van der Waals surface area contributed by atoms with Gasteiger partial charge in [-0.05, 0) is 47.9 Å². The number of nitriles is 1. The van der Waals surface area contributed by atoms with Crippen LogP contribution in [0.15, 0.2) is 35.7 Å². The lowest BCUT2D eigenvalue weighted by Gasteiger charge is -2.43. The number of nitrogens with zero attached hydrogens (tertiary/aromatic N) is 3. The molecule has 1 spiro atoms. The summed E-state index contributed by atoms with van der Waals surface area (Å²) in [6.45, 7) is 2.07. The quantitative estimate of drug-likeness (QED) is 0.770. The van der Waals surface area contributed by atoms with Gasteiger partial charge in [0, 0.05) is 44.4 Å². The Kier molecular flexibility index (Phi) is 5.71. The van der Waals surface area contributed by atoms with Gasteiger partial charge in [-0.1, -0.05) is 6.07 Å². The van der Waals surface area contributed by atoms with Crippen LogP contribution in [0.2, 0.25) is 0 Å². The molecule has 1 unspecified atom stereocenters. The maximum Gasteiger partial charge on any atom is 0.417 e. The van der Waals surface area contributed by atoms with E-state index in [1.807, 2.05) is 16.3 Å². The normalized spacial score (nSPS) is 20.8. The fourth-order valence-corrected chi connectivity index (χ4v) is 5.52. The molecule has 0 bridgehead atoms. The Balaban J connectivity index is 1.50. The number of rotatable bonds is 3. The number of benzene rings is 1. The molecule has 2 fully saturated rings. The molecule has 31 heavy (non-hydrogen) atoms. The lowest BCUT2D eigenvalue weighted by atomic mass is 9.71. The van der Waals surface area contributed by atoms with Crippen LogP contribution in [-0.4, -0.2) is 48.7 Å². The third kappa shape index (κ3) is 4.02. The number of halogens is 3. The number of hydrogen-bond donors (Lipinski definition) is 1. The van der Waals surface area contributed by atoms with Gasteiger partial charge in [0.15, 0.2) is 0 Å². The maximum absolute atomic E-state index is 13.3. The van der Waals surface area contributed by atoms with Gasteiger partial charge in [0.1, 0.15) is 0 Å². The maximum atomic E-state index is 13.3. The van der Waals surface area contributed by atoms with Gasteiger partial charge in [0.2, 0.25) is 0 Å². The van der Waals surface area contributed by atoms with Gasteiger partial charge in [-0.15, -0.1) is 11.3 Å². The van der Waals surface area contributed by atoms with Gasteiger partial charge in [-0.3, -0.25) is 4.79 Å². The molecular weight excluding hydrogens is 427 g/mol. The summed E-state index contributed by atoms with van der Waals surface area (Å²) in [5, 5.41) is 20.8. The van der Waals surface area contributed by atoms with Crippen molar-refractivity contribution in [1.82, 2.24) is 4.90 Å². The van der Waals surface area contributed by atoms with Crippen molar-refractivity contribution in [1.29, 1.82) is 5.26 Å². The topological polar surface area (TPSA) is 67.6 Å². The van der Waals surface area contributed by atoms with Gasteiger partial charge in [-0.25, -0.2) is 0 Å². The molecule has 1 amide bonds. The van der Waals surface area contributed by atoms with Gasteiger partial charge in [0.25, 0.3) is 5.91 Å². The molecule has 1 aromatic heterocycles. The molecule has 2 saturated heterocycles. The predicted octanol–water partition coefficient (Wildman–Crippen LogP) is 3.99. The number of alkyl halides is 3. The highest BCUT2D eigenvalue weighted by atomic mass is 32.1. The highest BCUT2D eigenvalue weighted by Crippen LogP contribution is 2.46. The van der Waals surface area contributed by atoms with Crippen LogP contribution < -0.4 is 4.90 Å². The summed E-state index contributed by atoms with van der Waals surface area (Å²) in [7, 11) is 0. The zero-order valence-corrected chi connectivity index (χ0v) is 17.5. The van der Waals surface area contributed by atoms with Crippen molar-refractivity contribution in [2.75, 3.05) is 37.7 Å². The minimum atomic E-state index is -4.59. The Morgan fingerprint density at radius 3 is 2.61 bits per heavy atom. The molecule has 5 nitrogen and oxygen atoms in total. The van der Waals surface area contributed by atoms with E-state index in [1.165, 1.54) is 17.4 Å². The zero-order valence-electron chi connectivity index (χ0n) is 16.7. The number of anilines is 1. The van der Waals surface area contributed by atoms with Crippen LogP contribution in [0.25, 0.3) is 0 Å². The number of thiophene rings is 1. The fraction of sp³-hybridized carbons (Fsp3) is 0.455. The first-order valence-corrected chi connectivity index (χ1v) is 11.0. The first-order chi connectivity index (χ1) is 14.8. The van der Waals surface area contributed by atoms with Crippen molar-refractivity contribution in [2.45, 2.75) is 19.0 Å². The molecule has 2 aliphatic heterocycles. The molecule has 0 aliphatic carbocycles. The van der Waals surface area contributed by atoms with Crippen molar-refractivity contribution in [2.24, 2.45) is 11.3 Å². The average molecular weight is 449 g/mol. The number of aliphatic hydroxyl groups is 1. The summed E-state index contributed by atoms with van der Waals surface area (Å²) in [5.41, 5.74) is -1.11. The second kappa shape index (κ2) is 8.17. The minimum absolute atomic E-state index is 0.0245. The predicted molar refractivity (Wildman–Crippen MR) is 111 cm³/mol. The Morgan fingerprint density at radius 2 is 2.03 bits per heavy atom. The van der Waals surface area contributed by atoms with Crippen LogP contribution in [0.3, 0.4) is 0 Å². The van der Waals surface area contributed by atoms with Crippen molar-refractivity contribution in [3.8, 4) is 6.07 Å².